The van der Waals surface area contributed by atoms with Gasteiger partial charge in [-0.05, 0) is 12.8 Å². The molecule has 1 heterocycles. The van der Waals surface area contributed by atoms with E-state index in [1.165, 1.54) is 0 Å². The summed E-state index contributed by atoms with van der Waals surface area (Å²) in [7, 11) is 0. The Morgan fingerprint density at radius 3 is 1.95 bits per heavy atom. The molecule has 1 aliphatic carbocycles. The summed E-state index contributed by atoms with van der Waals surface area (Å²) >= 11 is 0. The quantitative estimate of drug-likeness (QED) is 0.680. The Labute approximate surface area is 102 Å². The minimum absolute atomic E-state index is 0.00759. The van der Waals surface area contributed by atoms with Crippen molar-refractivity contribution in [2.24, 2.45) is 0 Å². The molecule has 0 unspecified atom stereocenters. The van der Waals surface area contributed by atoms with Crippen LogP contribution in [-0.2, 0) is 4.79 Å². The molecule has 0 bridgehead atoms. The third-order valence-electron chi connectivity index (χ3n) is 3.16. The van der Waals surface area contributed by atoms with Crippen LogP contribution in [0.2, 0.25) is 0 Å². The molecular formula is C10H8F7NO. The van der Waals surface area contributed by atoms with Crippen molar-refractivity contribution in [3.05, 3.63) is 11.5 Å². The number of amides is 1. The van der Waals surface area contributed by atoms with Gasteiger partial charge in [0.05, 0.1) is 0 Å². The normalized spacial score (nSPS) is 29.0. The number of halogens is 7. The van der Waals surface area contributed by atoms with E-state index in [1.807, 2.05) is 0 Å². The molecule has 0 N–H and O–H groups in total. The lowest BCUT2D eigenvalue weighted by molar-refractivity contribution is -0.271. The number of piperidine rings is 1. The van der Waals surface area contributed by atoms with Crippen LogP contribution >= 0.6 is 0 Å². The summed E-state index contributed by atoms with van der Waals surface area (Å²) in [6, 6.07) is 0. The zero-order valence-electron chi connectivity index (χ0n) is 9.33. The summed E-state index contributed by atoms with van der Waals surface area (Å²) in [6.07, 6.45) is 0.183. The van der Waals surface area contributed by atoms with E-state index in [0.717, 1.165) is 0 Å². The average molecular weight is 291 g/mol. The van der Waals surface area contributed by atoms with Gasteiger partial charge in [0.2, 0.25) is 11.7 Å². The Balaban J connectivity index is 2.54. The third kappa shape index (κ3) is 1.59. The van der Waals surface area contributed by atoms with Crippen molar-refractivity contribution < 1.29 is 35.5 Å². The smallest absolute Gasteiger partial charge is 0.308 e. The molecule has 108 valence electrons. The van der Waals surface area contributed by atoms with Crippen LogP contribution in [0.15, 0.2) is 11.5 Å². The van der Waals surface area contributed by atoms with Crippen molar-refractivity contribution in [1.29, 1.82) is 0 Å². The number of carbonyl (C=O) groups excluding carboxylic acids is 1. The average Bonchev–Trinajstić information content (AvgIpc) is 2.38. The minimum Gasteiger partial charge on any atom is -0.308 e. The van der Waals surface area contributed by atoms with Crippen molar-refractivity contribution in [1.82, 2.24) is 4.90 Å². The Kier molecular flexibility index (Phi) is 2.87. The van der Waals surface area contributed by atoms with Gasteiger partial charge in [0.1, 0.15) is 5.70 Å². The Morgan fingerprint density at radius 1 is 0.947 bits per heavy atom. The molecule has 0 spiro atoms. The van der Waals surface area contributed by atoms with Crippen LogP contribution in [0.5, 0.6) is 0 Å². The number of likely N-dealkylation sites (tertiary alicyclic amines) is 1. The maximum absolute atomic E-state index is 13.4. The number of hydrogen-bond donors (Lipinski definition) is 0. The molecule has 0 aromatic carbocycles. The van der Waals surface area contributed by atoms with Crippen LogP contribution in [0.4, 0.5) is 30.7 Å². The molecule has 9 heteroatoms. The predicted octanol–water partition coefficient (Wildman–Crippen LogP) is 3.10. The van der Waals surface area contributed by atoms with Crippen LogP contribution in [0.3, 0.4) is 0 Å². The van der Waals surface area contributed by atoms with Crippen molar-refractivity contribution in [2.45, 2.75) is 37.0 Å². The lowest BCUT2D eigenvalue weighted by atomic mass is 10.1. The van der Waals surface area contributed by atoms with Gasteiger partial charge < -0.3 is 4.90 Å². The molecule has 1 fully saturated rings. The molecular weight excluding hydrogens is 283 g/mol. The molecule has 0 atom stereocenters. The summed E-state index contributed by atoms with van der Waals surface area (Å²) in [4.78, 5) is 11.3. The molecule has 19 heavy (non-hydrogen) atoms. The highest BCUT2D eigenvalue weighted by Crippen LogP contribution is 2.60. The summed E-state index contributed by atoms with van der Waals surface area (Å²) < 4.78 is 91.8. The second-order valence-electron chi connectivity index (χ2n) is 4.39. The number of alkyl halides is 6. The fourth-order valence-electron chi connectivity index (χ4n) is 2.10. The van der Waals surface area contributed by atoms with Crippen LogP contribution < -0.4 is 0 Å². The van der Waals surface area contributed by atoms with Crippen LogP contribution in [0, 0.1) is 0 Å². The Morgan fingerprint density at radius 2 is 1.53 bits per heavy atom. The van der Waals surface area contributed by atoms with Gasteiger partial charge in [0.15, 0.2) is 0 Å². The molecule has 2 aliphatic rings. The van der Waals surface area contributed by atoms with Crippen molar-refractivity contribution in [3.63, 3.8) is 0 Å². The van der Waals surface area contributed by atoms with Crippen molar-refractivity contribution in [2.75, 3.05) is 6.54 Å². The first-order valence-electron chi connectivity index (χ1n) is 5.39. The molecule has 0 radical (unpaired) electrons. The Hall–Kier alpha value is -1.28. The Bertz CT molecular complexity index is 457. The number of rotatable bonds is 1. The predicted molar refractivity (Wildman–Crippen MR) is 48.5 cm³/mol. The van der Waals surface area contributed by atoms with E-state index in [-0.39, 0.29) is 17.7 Å². The summed E-state index contributed by atoms with van der Waals surface area (Å²) in [6.45, 7) is -0.483. The minimum atomic E-state index is -5.89. The summed E-state index contributed by atoms with van der Waals surface area (Å²) in [5.41, 5.74) is -2.20. The van der Waals surface area contributed by atoms with E-state index < -0.39 is 41.7 Å². The first-order chi connectivity index (χ1) is 8.55. The molecule has 1 saturated heterocycles. The number of nitrogens with zero attached hydrogens (tertiary/aromatic N) is 1. The molecule has 1 aliphatic heterocycles. The van der Waals surface area contributed by atoms with Gasteiger partial charge in [-0.1, -0.05) is 0 Å². The SMILES string of the molecule is O=C1CCCCN1C1=C(F)C(F)(F)C(F)(F)C1(F)F. The maximum Gasteiger partial charge on any atom is 0.384 e. The second kappa shape index (κ2) is 3.86. The first-order valence-corrected chi connectivity index (χ1v) is 5.39. The van der Waals surface area contributed by atoms with Gasteiger partial charge in [-0.2, -0.15) is 26.3 Å². The van der Waals surface area contributed by atoms with E-state index in [4.69, 9.17) is 0 Å². The lowest BCUT2D eigenvalue weighted by Crippen LogP contribution is -2.51. The monoisotopic (exact) mass is 291 g/mol. The number of hydrogen-bond acceptors (Lipinski definition) is 1. The van der Waals surface area contributed by atoms with E-state index in [0.29, 0.717) is 6.42 Å². The maximum atomic E-state index is 13.4. The topological polar surface area (TPSA) is 20.3 Å². The molecule has 1 amide bonds. The number of carbonyl (C=O) groups is 1. The zero-order chi connectivity index (χ0) is 14.6. The fourth-order valence-corrected chi connectivity index (χ4v) is 2.10. The van der Waals surface area contributed by atoms with E-state index in [9.17, 15) is 35.5 Å². The van der Waals surface area contributed by atoms with Crippen LogP contribution in [-0.4, -0.2) is 35.1 Å². The molecule has 0 aromatic rings. The van der Waals surface area contributed by atoms with Crippen molar-refractivity contribution >= 4 is 5.91 Å². The van der Waals surface area contributed by atoms with Crippen LogP contribution in [0.1, 0.15) is 19.3 Å². The van der Waals surface area contributed by atoms with Crippen molar-refractivity contribution in [3.8, 4) is 0 Å². The second-order valence-corrected chi connectivity index (χ2v) is 4.39. The van der Waals surface area contributed by atoms with Gasteiger partial charge in [0.25, 0.3) is 0 Å². The molecule has 2 rings (SSSR count). The number of allylic oxidation sites excluding steroid dienone is 2. The van der Waals surface area contributed by atoms with Gasteiger partial charge in [0, 0.05) is 13.0 Å². The zero-order valence-corrected chi connectivity index (χ0v) is 9.33. The lowest BCUT2D eigenvalue weighted by Gasteiger charge is -2.31. The van der Waals surface area contributed by atoms with Crippen LogP contribution in [0.25, 0.3) is 0 Å². The summed E-state index contributed by atoms with van der Waals surface area (Å²) in [5, 5.41) is 0. The highest BCUT2D eigenvalue weighted by molar-refractivity contribution is 5.79. The molecule has 0 saturated carbocycles. The van der Waals surface area contributed by atoms with E-state index >= 15 is 0 Å². The van der Waals surface area contributed by atoms with E-state index in [2.05, 4.69) is 0 Å². The molecule has 2 nitrogen and oxygen atoms in total. The third-order valence-corrected chi connectivity index (χ3v) is 3.16. The first kappa shape index (κ1) is 14.1. The largest absolute Gasteiger partial charge is 0.384 e. The molecule has 0 aromatic heterocycles. The fraction of sp³-hybridized carbons (Fsp3) is 0.700. The van der Waals surface area contributed by atoms with Gasteiger partial charge in [-0.15, -0.1) is 0 Å². The van der Waals surface area contributed by atoms with E-state index in [1.54, 1.807) is 0 Å². The highest BCUT2D eigenvalue weighted by Gasteiger charge is 2.82. The highest BCUT2D eigenvalue weighted by atomic mass is 19.3. The van der Waals surface area contributed by atoms with Gasteiger partial charge in [-0.25, -0.2) is 4.39 Å². The van der Waals surface area contributed by atoms with Gasteiger partial charge in [-0.3, -0.25) is 4.79 Å². The standard InChI is InChI=1S/C10H8F7NO/c11-6-7(18-4-2-1-3-5(18)19)9(14,15)10(16,17)8(6,12)13/h1-4H2. The van der Waals surface area contributed by atoms with Gasteiger partial charge >= 0.3 is 17.8 Å². The summed E-state index contributed by atoms with van der Waals surface area (Å²) in [5.74, 6) is -20.9.